The van der Waals surface area contributed by atoms with Crippen LogP contribution in [-0.2, 0) is 12.3 Å². The summed E-state index contributed by atoms with van der Waals surface area (Å²) in [6.07, 6.45) is 1.10. The lowest BCUT2D eigenvalue weighted by atomic mass is 10.3. The van der Waals surface area contributed by atoms with Crippen molar-refractivity contribution in [2.75, 3.05) is 20.6 Å². The third kappa shape index (κ3) is 2.99. The first-order valence-corrected chi connectivity index (χ1v) is 7.03. The summed E-state index contributed by atoms with van der Waals surface area (Å²) >= 11 is 10.3. The molecule has 0 aliphatic rings. The first-order chi connectivity index (χ1) is 8.61. The van der Waals surface area contributed by atoms with Crippen LogP contribution in [0.2, 0.25) is 5.02 Å². The second-order valence-electron chi connectivity index (χ2n) is 4.63. The Hall–Kier alpha value is -0.710. The van der Waals surface area contributed by atoms with Gasteiger partial charge in [0.1, 0.15) is 5.82 Å². The molecule has 0 atom stereocenters. The summed E-state index contributed by atoms with van der Waals surface area (Å²) in [5, 5.41) is 0.728. The van der Waals surface area contributed by atoms with E-state index in [1.807, 2.05) is 18.2 Å². The van der Waals surface area contributed by atoms with E-state index in [9.17, 15) is 0 Å². The maximum absolute atomic E-state index is 5.99. The van der Waals surface area contributed by atoms with Gasteiger partial charge in [-0.1, -0.05) is 11.6 Å². The molecule has 1 aromatic heterocycles. The normalized spacial score (nSPS) is 11.6. The molecule has 0 bridgehead atoms. The molecule has 2 rings (SSSR count). The maximum atomic E-state index is 5.99. The summed E-state index contributed by atoms with van der Waals surface area (Å²) in [4.78, 5) is 6.77. The lowest BCUT2D eigenvalue weighted by molar-refractivity contribution is 0.386. The lowest BCUT2D eigenvalue weighted by Gasteiger charge is -2.11. The smallest absolute Gasteiger partial charge is 0.119 e. The van der Waals surface area contributed by atoms with Gasteiger partial charge in [0, 0.05) is 17.3 Å². The van der Waals surface area contributed by atoms with E-state index >= 15 is 0 Å². The fourth-order valence-electron chi connectivity index (χ4n) is 2.07. The molecule has 0 fully saturated rings. The molecule has 3 nitrogen and oxygen atoms in total. The highest BCUT2D eigenvalue weighted by molar-refractivity contribution is 7.79. The molecule has 0 unspecified atom stereocenters. The van der Waals surface area contributed by atoms with E-state index in [4.69, 9.17) is 11.6 Å². The topological polar surface area (TPSA) is 21.1 Å². The van der Waals surface area contributed by atoms with E-state index in [1.165, 1.54) is 0 Å². The number of nitrogens with zero attached hydrogens (tertiary/aromatic N) is 3. The van der Waals surface area contributed by atoms with Crippen LogP contribution in [0.25, 0.3) is 11.0 Å². The van der Waals surface area contributed by atoms with Crippen molar-refractivity contribution in [2.45, 2.75) is 18.7 Å². The number of benzene rings is 1. The van der Waals surface area contributed by atoms with Crippen molar-refractivity contribution in [3.8, 4) is 0 Å². The summed E-state index contributed by atoms with van der Waals surface area (Å²) in [5.74, 6) is 1.66. The van der Waals surface area contributed by atoms with Crippen LogP contribution < -0.4 is 0 Å². The molecular formula is C13H18ClN3S. The van der Waals surface area contributed by atoms with Crippen molar-refractivity contribution in [1.82, 2.24) is 14.5 Å². The minimum absolute atomic E-state index is 0.647. The second kappa shape index (κ2) is 5.95. The molecule has 1 heterocycles. The standard InChI is InChI=1S/C13H18ClN3S/c1-16(2)6-3-7-17-12-5-4-10(14)8-11(12)15-13(17)9-18/h4-5,8,18H,3,6-7,9H2,1-2H3. The Kier molecular flexibility index (Phi) is 4.54. The van der Waals surface area contributed by atoms with Gasteiger partial charge in [0.2, 0.25) is 0 Å². The highest BCUT2D eigenvalue weighted by Gasteiger charge is 2.09. The van der Waals surface area contributed by atoms with Gasteiger partial charge in [0.05, 0.1) is 11.0 Å². The summed E-state index contributed by atoms with van der Waals surface area (Å²) in [6.45, 7) is 2.03. The van der Waals surface area contributed by atoms with Crippen molar-refractivity contribution in [1.29, 1.82) is 0 Å². The zero-order valence-corrected chi connectivity index (χ0v) is 12.4. The predicted octanol–water partition coefficient (Wildman–Crippen LogP) is 3.07. The molecule has 0 saturated carbocycles. The first kappa shape index (κ1) is 13.7. The number of thiol groups is 1. The minimum Gasteiger partial charge on any atom is -0.327 e. The van der Waals surface area contributed by atoms with Gasteiger partial charge in [-0.25, -0.2) is 4.98 Å². The summed E-state index contributed by atoms with van der Waals surface area (Å²) in [5.41, 5.74) is 2.10. The van der Waals surface area contributed by atoms with E-state index in [0.29, 0.717) is 5.75 Å². The Morgan fingerprint density at radius 2 is 2.17 bits per heavy atom. The molecule has 0 spiro atoms. The molecule has 0 N–H and O–H groups in total. The van der Waals surface area contributed by atoms with Crippen LogP contribution in [0.4, 0.5) is 0 Å². The molecule has 0 radical (unpaired) electrons. The zero-order valence-electron chi connectivity index (χ0n) is 10.7. The molecule has 0 saturated heterocycles. The third-order valence-corrected chi connectivity index (χ3v) is 3.44. The van der Waals surface area contributed by atoms with Crippen molar-refractivity contribution in [2.24, 2.45) is 0 Å². The molecular weight excluding hydrogens is 266 g/mol. The molecule has 0 aliphatic carbocycles. The SMILES string of the molecule is CN(C)CCCn1c(CS)nc2cc(Cl)ccc21. The van der Waals surface area contributed by atoms with E-state index in [0.717, 1.165) is 41.4 Å². The van der Waals surface area contributed by atoms with Gasteiger partial charge in [0.25, 0.3) is 0 Å². The van der Waals surface area contributed by atoms with Gasteiger partial charge < -0.3 is 9.47 Å². The minimum atomic E-state index is 0.647. The van der Waals surface area contributed by atoms with Crippen LogP contribution >= 0.6 is 24.2 Å². The van der Waals surface area contributed by atoms with Gasteiger partial charge in [-0.2, -0.15) is 12.6 Å². The second-order valence-corrected chi connectivity index (χ2v) is 5.38. The number of rotatable bonds is 5. The Morgan fingerprint density at radius 1 is 1.39 bits per heavy atom. The molecule has 0 aliphatic heterocycles. The number of imidazole rings is 1. The highest BCUT2D eigenvalue weighted by Crippen LogP contribution is 2.21. The Labute approximate surface area is 118 Å². The van der Waals surface area contributed by atoms with Gasteiger partial charge in [0.15, 0.2) is 0 Å². The van der Waals surface area contributed by atoms with E-state index < -0.39 is 0 Å². The van der Waals surface area contributed by atoms with Crippen LogP contribution in [0.15, 0.2) is 18.2 Å². The third-order valence-electron chi connectivity index (χ3n) is 2.92. The Morgan fingerprint density at radius 3 is 2.83 bits per heavy atom. The van der Waals surface area contributed by atoms with Gasteiger partial charge in [-0.3, -0.25) is 0 Å². The number of aryl methyl sites for hydroxylation is 1. The number of hydrogen-bond acceptors (Lipinski definition) is 3. The lowest BCUT2D eigenvalue weighted by Crippen LogP contribution is -2.15. The van der Waals surface area contributed by atoms with Crippen LogP contribution in [0.1, 0.15) is 12.2 Å². The fraction of sp³-hybridized carbons (Fsp3) is 0.462. The van der Waals surface area contributed by atoms with Crippen LogP contribution in [0, 0.1) is 0 Å². The van der Waals surface area contributed by atoms with Crippen LogP contribution in [-0.4, -0.2) is 35.1 Å². The van der Waals surface area contributed by atoms with Gasteiger partial charge >= 0.3 is 0 Å². The van der Waals surface area contributed by atoms with E-state index in [2.05, 4.69) is 41.2 Å². The fourth-order valence-corrected chi connectivity index (χ4v) is 2.48. The zero-order chi connectivity index (χ0) is 13.1. The largest absolute Gasteiger partial charge is 0.327 e. The molecule has 1 aromatic carbocycles. The van der Waals surface area contributed by atoms with Crippen LogP contribution in [0.3, 0.4) is 0 Å². The highest BCUT2D eigenvalue weighted by atomic mass is 35.5. The quantitative estimate of drug-likeness (QED) is 0.852. The Bertz CT molecular complexity index is 536. The predicted molar refractivity (Wildman–Crippen MR) is 80.6 cm³/mol. The number of hydrogen-bond donors (Lipinski definition) is 1. The van der Waals surface area contributed by atoms with Gasteiger partial charge in [-0.05, 0) is 45.3 Å². The Balaban J connectivity index is 2.29. The average molecular weight is 284 g/mol. The molecule has 18 heavy (non-hydrogen) atoms. The maximum Gasteiger partial charge on any atom is 0.119 e. The molecule has 98 valence electrons. The van der Waals surface area contributed by atoms with Crippen molar-refractivity contribution < 1.29 is 0 Å². The molecule has 5 heteroatoms. The van der Waals surface area contributed by atoms with E-state index in [-0.39, 0.29) is 0 Å². The van der Waals surface area contributed by atoms with Gasteiger partial charge in [-0.15, -0.1) is 0 Å². The molecule has 0 amide bonds. The van der Waals surface area contributed by atoms with Crippen molar-refractivity contribution in [3.63, 3.8) is 0 Å². The molecule has 2 aromatic rings. The summed E-state index contributed by atoms with van der Waals surface area (Å²) in [7, 11) is 4.18. The number of aromatic nitrogens is 2. The monoisotopic (exact) mass is 283 g/mol. The number of halogens is 1. The summed E-state index contributed by atoms with van der Waals surface area (Å²) < 4.78 is 2.24. The average Bonchev–Trinajstić information content (AvgIpc) is 2.66. The van der Waals surface area contributed by atoms with Crippen LogP contribution in [0.5, 0.6) is 0 Å². The summed E-state index contributed by atoms with van der Waals surface area (Å²) in [6, 6.07) is 5.86. The van der Waals surface area contributed by atoms with E-state index in [1.54, 1.807) is 0 Å². The van der Waals surface area contributed by atoms with Crippen molar-refractivity contribution in [3.05, 3.63) is 29.0 Å². The van der Waals surface area contributed by atoms with Crippen molar-refractivity contribution >= 4 is 35.3 Å². The number of fused-ring (bicyclic) bond motifs is 1. The first-order valence-electron chi connectivity index (χ1n) is 6.02.